The largest absolute Gasteiger partial charge is 0.497 e. The second-order valence-electron chi connectivity index (χ2n) is 5.49. The molecule has 0 bridgehead atoms. The van der Waals surface area contributed by atoms with Crippen LogP contribution in [0.15, 0.2) is 42.5 Å². The molecule has 0 spiro atoms. The molecule has 1 aliphatic heterocycles. The summed E-state index contributed by atoms with van der Waals surface area (Å²) in [6.45, 7) is 0. The third-order valence-electron chi connectivity index (χ3n) is 3.98. The van der Waals surface area contributed by atoms with E-state index in [9.17, 15) is 9.59 Å². The summed E-state index contributed by atoms with van der Waals surface area (Å²) in [5.41, 5.74) is 1.00. The molecule has 0 aliphatic carbocycles. The maximum atomic E-state index is 12.7. The first-order valence-electron chi connectivity index (χ1n) is 7.65. The highest BCUT2D eigenvalue weighted by Gasteiger charge is 2.40. The summed E-state index contributed by atoms with van der Waals surface area (Å²) in [6, 6.07) is 11.3. The number of amides is 2. The van der Waals surface area contributed by atoms with Gasteiger partial charge in [-0.2, -0.15) is 0 Å². The molecule has 0 saturated carbocycles. The molecule has 6 nitrogen and oxygen atoms in total. The molecule has 0 aromatic heterocycles. The molecule has 3 rings (SSSR count). The van der Waals surface area contributed by atoms with Gasteiger partial charge in [0, 0.05) is 6.07 Å². The van der Waals surface area contributed by atoms with E-state index in [-0.39, 0.29) is 18.2 Å². The molecule has 1 saturated heterocycles. The first-order chi connectivity index (χ1) is 12.0. The van der Waals surface area contributed by atoms with Crippen LogP contribution in [0.3, 0.4) is 0 Å². The zero-order chi connectivity index (χ0) is 18.0. The molecule has 1 fully saturated rings. The van der Waals surface area contributed by atoms with Crippen molar-refractivity contribution in [3.63, 3.8) is 0 Å². The topological polar surface area (TPSA) is 67.9 Å². The van der Waals surface area contributed by atoms with Crippen molar-refractivity contribution in [2.24, 2.45) is 0 Å². The molecule has 130 valence electrons. The van der Waals surface area contributed by atoms with Gasteiger partial charge in [-0.3, -0.25) is 9.59 Å². The standard InChI is InChI=1S/C18H17ClN2O4/c1-24-11-7-8-13(16(9-11)25-2)20-14-10-17(22)21(18(14)23)15-6-4-3-5-12(15)19/h3-9,14,20H,10H2,1-2H3/t14-/m1/s1. The lowest BCUT2D eigenvalue weighted by Gasteiger charge is -2.18. The number of rotatable bonds is 5. The Bertz CT molecular complexity index is 824. The van der Waals surface area contributed by atoms with Crippen LogP contribution in [0.5, 0.6) is 11.5 Å². The third kappa shape index (κ3) is 3.25. The van der Waals surface area contributed by atoms with Gasteiger partial charge in [0.15, 0.2) is 0 Å². The van der Waals surface area contributed by atoms with Gasteiger partial charge in [0.2, 0.25) is 5.91 Å². The minimum atomic E-state index is -0.689. The molecule has 2 aromatic rings. The lowest BCUT2D eigenvalue weighted by Crippen LogP contribution is -2.35. The number of methoxy groups -OCH3 is 2. The first kappa shape index (κ1) is 17.1. The predicted molar refractivity (Wildman–Crippen MR) is 95.5 cm³/mol. The fraction of sp³-hybridized carbons (Fsp3) is 0.222. The van der Waals surface area contributed by atoms with E-state index in [1.807, 2.05) is 0 Å². The average Bonchev–Trinajstić information content (AvgIpc) is 2.89. The molecule has 0 radical (unpaired) electrons. The van der Waals surface area contributed by atoms with Gasteiger partial charge < -0.3 is 14.8 Å². The maximum Gasteiger partial charge on any atom is 0.256 e. The highest BCUT2D eigenvalue weighted by molar-refractivity contribution is 6.36. The molecular formula is C18H17ClN2O4. The Hall–Kier alpha value is -2.73. The maximum absolute atomic E-state index is 12.7. The van der Waals surface area contributed by atoms with Crippen molar-refractivity contribution in [2.75, 3.05) is 24.4 Å². The Morgan fingerprint density at radius 1 is 1.12 bits per heavy atom. The van der Waals surface area contributed by atoms with Gasteiger partial charge in [-0.25, -0.2) is 4.90 Å². The minimum absolute atomic E-state index is 0.0409. The number of carbonyl (C=O) groups is 2. The van der Waals surface area contributed by atoms with E-state index in [2.05, 4.69) is 5.32 Å². The SMILES string of the molecule is COc1ccc(N[C@@H]2CC(=O)N(c3ccccc3Cl)C2=O)c(OC)c1. The summed E-state index contributed by atoms with van der Waals surface area (Å²) in [5, 5.41) is 3.43. The summed E-state index contributed by atoms with van der Waals surface area (Å²) >= 11 is 6.12. The van der Waals surface area contributed by atoms with Crippen LogP contribution in [0.25, 0.3) is 0 Å². The molecule has 25 heavy (non-hydrogen) atoms. The third-order valence-corrected chi connectivity index (χ3v) is 4.30. The van der Waals surface area contributed by atoms with Gasteiger partial charge in [-0.1, -0.05) is 23.7 Å². The van der Waals surface area contributed by atoms with Gasteiger partial charge in [-0.05, 0) is 24.3 Å². The van der Waals surface area contributed by atoms with E-state index in [0.29, 0.717) is 27.9 Å². The number of halogens is 1. The molecule has 2 amide bonds. The summed E-state index contributed by atoms with van der Waals surface area (Å²) in [5.74, 6) is 0.503. The molecule has 0 unspecified atom stereocenters. The highest BCUT2D eigenvalue weighted by Crippen LogP contribution is 2.33. The van der Waals surface area contributed by atoms with Crippen molar-refractivity contribution in [3.05, 3.63) is 47.5 Å². The fourth-order valence-corrected chi connectivity index (χ4v) is 2.96. The van der Waals surface area contributed by atoms with Crippen molar-refractivity contribution >= 4 is 34.8 Å². The van der Waals surface area contributed by atoms with Gasteiger partial charge in [-0.15, -0.1) is 0 Å². The smallest absolute Gasteiger partial charge is 0.256 e. The van der Waals surface area contributed by atoms with Crippen molar-refractivity contribution in [1.82, 2.24) is 0 Å². The molecule has 7 heteroatoms. The van der Waals surface area contributed by atoms with Crippen molar-refractivity contribution < 1.29 is 19.1 Å². The van der Waals surface area contributed by atoms with Gasteiger partial charge >= 0.3 is 0 Å². The summed E-state index contributed by atoms with van der Waals surface area (Å²) in [7, 11) is 3.08. The van der Waals surface area contributed by atoms with Crippen LogP contribution in [0.2, 0.25) is 5.02 Å². The van der Waals surface area contributed by atoms with Crippen LogP contribution < -0.4 is 19.7 Å². The minimum Gasteiger partial charge on any atom is -0.497 e. The lowest BCUT2D eigenvalue weighted by atomic mass is 10.2. The van der Waals surface area contributed by atoms with E-state index < -0.39 is 6.04 Å². The van der Waals surface area contributed by atoms with Crippen molar-refractivity contribution in [2.45, 2.75) is 12.5 Å². The average molecular weight is 361 g/mol. The van der Waals surface area contributed by atoms with E-state index in [1.54, 1.807) is 49.6 Å². The highest BCUT2D eigenvalue weighted by atomic mass is 35.5. The van der Waals surface area contributed by atoms with Crippen molar-refractivity contribution in [1.29, 1.82) is 0 Å². The number of hydrogen-bond donors (Lipinski definition) is 1. The van der Waals surface area contributed by atoms with Crippen LogP contribution in [-0.2, 0) is 9.59 Å². The molecule has 1 heterocycles. The number of nitrogens with zero attached hydrogens (tertiary/aromatic N) is 1. The molecule has 1 aliphatic rings. The molecule has 2 aromatic carbocycles. The van der Waals surface area contributed by atoms with Crippen molar-refractivity contribution in [3.8, 4) is 11.5 Å². The van der Waals surface area contributed by atoms with E-state index in [0.717, 1.165) is 4.90 Å². The Morgan fingerprint density at radius 3 is 2.56 bits per heavy atom. The van der Waals surface area contributed by atoms with E-state index >= 15 is 0 Å². The zero-order valence-electron chi connectivity index (χ0n) is 13.8. The number of nitrogens with one attached hydrogen (secondary N) is 1. The van der Waals surface area contributed by atoms with Crippen LogP contribution >= 0.6 is 11.6 Å². The fourth-order valence-electron chi connectivity index (χ4n) is 2.74. The van der Waals surface area contributed by atoms with Gasteiger partial charge in [0.25, 0.3) is 5.91 Å². The van der Waals surface area contributed by atoms with Crippen LogP contribution in [0, 0.1) is 0 Å². The second-order valence-corrected chi connectivity index (χ2v) is 5.89. The van der Waals surface area contributed by atoms with E-state index in [4.69, 9.17) is 21.1 Å². The van der Waals surface area contributed by atoms with Gasteiger partial charge in [0.05, 0.1) is 37.0 Å². The Morgan fingerprint density at radius 2 is 1.88 bits per heavy atom. The Labute approximate surface area is 150 Å². The molecular weight excluding hydrogens is 344 g/mol. The molecule has 1 N–H and O–H groups in total. The first-order valence-corrected chi connectivity index (χ1v) is 8.03. The number of ether oxygens (including phenoxy) is 2. The quantitative estimate of drug-likeness (QED) is 0.830. The number of carbonyl (C=O) groups excluding carboxylic acids is 2. The number of benzene rings is 2. The molecule has 1 atom stereocenters. The summed E-state index contributed by atoms with van der Waals surface area (Å²) in [4.78, 5) is 26.2. The number of anilines is 2. The predicted octanol–water partition coefficient (Wildman–Crippen LogP) is 3.10. The number of para-hydroxylation sites is 1. The number of imide groups is 1. The second kappa shape index (κ2) is 7.03. The lowest BCUT2D eigenvalue weighted by molar-refractivity contribution is -0.121. The Balaban J connectivity index is 1.85. The normalized spacial score (nSPS) is 16.9. The van der Waals surface area contributed by atoms with Crippen LogP contribution in [-0.4, -0.2) is 32.1 Å². The van der Waals surface area contributed by atoms with Crippen LogP contribution in [0.1, 0.15) is 6.42 Å². The zero-order valence-corrected chi connectivity index (χ0v) is 14.5. The van der Waals surface area contributed by atoms with E-state index in [1.165, 1.54) is 7.11 Å². The monoisotopic (exact) mass is 360 g/mol. The summed E-state index contributed by atoms with van der Waals surface area (Å²) in [6.07, 6.45) is 0.0409. The van der Waals surface area contributed by atoms with Crippen LogP contribution in [0.4, 0.5) is 11.4 Å². The number of hydrogen-bond acceptors (Lipinski definition) is 5. The Kier molecular flexibility index (Phi) is 4.81. The van der Waals surface area contributed by atoms with Gasteiger partial charge in [0.1, 0.15) is 17.5 Å². The summed E-state index contributed by atoms with van der Waals surface area (Å²) < 4.78 is 10.5.